The highest BCUT2D eigenvalue weighted by atomic mass is 15.3. The molecule has 2 atom stereocenters. The third kappa shape index (κ3) is 5.57. The third-order valence-electron chi connectivity index (χ3n) is 17.2. The summed E-state index contributed by atoms with van der Waals surface area (Å²) in [5.74, 6) is 0. The van der Waals surface area contributed by atoms with Gasteiger partial charge in [-0.1, -0.05) is 160 Å². The minimum atomic E-state index is -0.111. The van der Waals surface area contributed by atoms with Gasteiger partial charge in [0.2, 0.25) is 0 Å². The molecule has 3 aliphatic heterocycles. The number of hydrogen-bond donors (Lipinski definition) is 0. The Morgan fingerprint density at radius 1 is 0.485 bits per heavy atom. The Balaban J connectivity index is 1.15. The minimum Gasteiger partial charge on any atom is -0.334 e. The summed E-state index contributed by atoms with van der Waals surface area (Å²) in [6.07, 6.45) is 4.91. The van der Waals surface area contributed by atoms with Crippen molar-refractivity contribution in [3.05, 3.63) is 173 Å². The van der Waals surface area contributed by atoms with Gasteiger partial charge in [-0.15, -0.1) is 0 Å². The van der Waals surface area contributed by atoms with Crippen molar-refractivity contribution < 1.29 is 0 Å². The molecule has 0 radical (unpaired) electrons. The summed E-state index contributed by atoms with van der Waals surface area (Å²) in [5, 5.41) is 0. The summed E-state index contributed by atoms with van der Waals surface area (Å²) in [6.45, 7) is 26.3. The van der Waals surface area contributed by atoms with Crippen LogP contribution in [0.5, 0.6) is 0 Å². The number of anilines is 8. The van der Waals surface area contributed by atoms with E-state index >= 15 is 0 Å². The largest absolute Gasteiger partial charge is 0.334 e. The molecule has 66 heavy (non-hydrogen) atoms. The van der Waals surface area contributed by atoms with Crippen molar-refractivity contribution in [2.75, 3.05) is 14.7 Å². The van der Waals surface area contributed by atoms with E-state index in [4.69, 9.17) is 0 Å². The Morgan fingerprint density at radius 3 is 1.85 bits per heavy atom. The first kappa shape index (κ1) is 41.4. The van der Waals surface area contributed by atoms with Crippen LogP contribution in [0.25, 0.3) is 11.1 Å². The lowest BCUT2D eigenvalue weighted by Crippen LogP contribution is -2.61. The minimum absolute atomic E-state index is 0.0272. The number of nitrogens with zero attached hydrogens (tertiary/aromatic N) is 3. The lowest BCUT2D eigenvalue weighted by atomic mass is 9.33. The van der Waals surface area contributed by atoms with Gasteiger partial charge in [-0.25, -0.2) is 0 Å². The first-order valence-electron chi connectivity index (χ1n) is 24.7. The fourth-order valence-corrected chi connectivity index (χ4v) is 13.4. The quantitative estimate of drug-likeness (QED) is 0.164. The highest BCUT2D eigenvalue weighted by Crippen LogP contribution is 2.61. The van der Waals surface area contributed by atoms with E-state index in [1.165, 1.54) is 132 Å². The van der Waals surface area contributed by atoms with Crippen LogP contribution in [0.4, 0.5) is 45.5 Å². The zero-order chi connectivity index (χ0) is 45.9. The van der Waals surface area contributed by atoms with Gasteiger partial charge in [0.25, 0.3) is 6.71 Å². The molecule has 0 spiro atoms. The van der Waals surface area contributed by atoms with E-state index in [0.29, 0.717) is 0 Å². The molecule has 0 N–H and O–H groups in total. The Hall–Kier alpha value is -6.00. The summed E-state index contributed by atoms with van der Waals surface area (Å²) >= 11 is 0. The molecule has 0 aromatic heterocycles. The Morgan fingerprint density at radius 2 is 1.11 bits per heavy atom. The maximum Gasteiger partial charge on any atom is 0.252 e. The molecule has 12 rings (SSSR count). The van der Waals surface area contributed by atoms with Gasteiger partial charge >= 0.3 is 0 Å². The summed E-state index contributed by atoms with van der Waals surface area (Å²) in [6, 6.07) is 54.9. The van der Waals surface area contributed by atoms with E-state index in [2.05, 4.69) is 230 Å². The van der Waals surface area contributed by atoms with Crippen molar-refractivity contribution in [3.8, 4) is 11.1 Å². The van der Waals surface area contributed by atoms with Gasteiger partial charge in [0.15, 0.2) is 0 Å². The highest BCUT2D eigenvalue weighted by molar-refractivity contribution is 7.00. The number of aryl methyl sites for hydroxylation is 1. The third-order valence-corrected chi connectivity index (χ3v) is 17.2. The molecule has 0 saturated heterocycles. The average molecular weight is 862 g/mol. The molecular weight excluding hydrogens is 798 g/mol. The molecule has 0 amide bonds. The summed E-state index contributed by atoms with van der Waals surface area (Å²) < 4.78 is 0. The van der Waals surface area contributed by atoms with Crippen molar-refractivity contribution in [3.63, 3.8) is 0 Å². The molecule has 2 aliphatic carbocycles. The highest BCUT2D eigenvalue weighted by Gasteiger charge is 2.58. The zero-order valence-corrected chi connectivity index (χ0v) is 41.0. The molecule has 0 bridgehead atoms. The van der Waals surface area contributed by atoms with Crippen LogP contribution in [0.1, 0.15) is 128 Å². The van der Waals surface area contributed by atoms with Crippen LogP contribution in [0.15, 0.2) is 140 Å². The predicted octanol–water partition coefficient (Wildman–Crippen LogP) is 14.7. The lowest BCUT2D eigenvalue weighted by molar-refractivity contribution is 0.195. The smallest absolute Gasteiger partial charge is 0.252 e. The van der Waals surface area contributed by atoms with Gasteiger partial charge in [-0.05, 0) is 147 Å². The molecule has 1 fully saturated rings. The van der Waals surface area contributed by atoms with Crippen molar-refractivity contribution in [2.45, 2.75) is 129 Å². The van der Waals surface area contributed by atoms with Crippen LogP contribution in [0.2, 0.25) is 0 Å². The molecule has 7 aromatic rings. The molecule has 5 aliphatic rings. The van der Waals surface area contributed by atoms with Crippen molar-refractivity contribution >= 4 is 68.6 Å². The predicted molar refractivity (Wildman–Crippen MR) is 283 cm³/mol. The molecule has 3 heterocycles. The summed E-state index contributed by atoms with van der Waals surface area (Å²) in [5.41, 5.74) is 25.2. The Kier molecular flexibility index (Phi) is 8.65. The van der Waals surface area contributed by atoms with Crippen LogP contribution in [0.3, 0.4) is 0 Å². The van der Waals surface area contributed by atoms with Crippen LogP contribution in [-0.2, 0) is 21.7 Å². The summed E-state index contributed by atoms with van der Waals surface area (Å²) in [7, 11) is 0. The van der Waals surface area contributed by atoms with Crippen molar-refractivity contribution in [1.82, 2.24) is 0 Å². The molecule has 2 unspecified atom stereocenters. The zero-order valence-electron chi connectivity index (χ0n) is 41.0. The van der Waals surface area contributed by atoms with Crippen molar-refractivity contribution in [2.24, 2.45) is 0 Å². The average Bonchev–Trinajstić information content (AvgIpc) is 3.65. The molecule has 4 heteroatoms. The normalized spacial score (nSPS) is 20.8. The van der Waals surface area contributed by atoms with Gasteiger partial charge in [-0.3, -0.25) is 0 Å². The number of benzene rings is 7. The van der Waals surface area contributed by atoms with E-state index in [9.17, 15) is 0 Å². The molecule has 7 aromatic carbocycles. The standard InChI is InChI=1S/C62H64BN3/c1-39-35-54-57-55(36-39)65(52-24-18-22-47-56(52)44-19-12-13-20-45(44)60(47,8)9)51-32-27-41(59(5,6)7)37-49(51)63(57)48-31-30-43(38-53(48)64(54)42-28-25-40(26-29-42)58(2,3)4)66-50-23-15-14-21-46(50)61(10)33-16-17-34-62(61,66)11/h12-15,18-32,35-38H,16-17,33-34H2,1-11H3. The number of hydrogen-bond acceptors (Lipinski definition) is 3. The van der Waals surface area contributed by atoms with Gasteiger partial charge in [0, 0.05) is 56.2 Å². The molecule has 330 valence electrons. The Bertz CT molecular complexity index is 3160. The van der Waals surface area contributed by atoms with Gasteiger partial charge in [0.1, 0.15) is 0 Å². The SMILES string of the molecule is Cc1cc2c3c(c1)N(c1cccc4c1-c1ccccc1C4(C)C)c1ccc(C(C)(C)C)cc1B3c1ccc(N3c4ccccc4C4(C)CCCCC34C)cc1N2c1ccc(C(C)(C)C)cc1. The fraction of sp³-hybridized carbons (Fsp3) is 0.323. The van der Waals surface area contributed by atoms with Crippen LogP contribution >= 0.6 is 0 Å². The van der Waals surface area contributed by atoms with E-state index in [-0.39, 0.29) is 33.9 Å². The maximum atomic E-state index is 2.75. The van der Waals surface area contributed by atoms with Crippen LogP contribution < -0.4 is 31.1 Å². The second-order valence-corrected chi connectivity index (χ2v) is 23.4. The second-order valence-electron chi connectivity index (χ2n) is 23.4. The van der Waals surface area contributed by atoms with E-state index in [0.717, 1.165) is 0 Å². The molecule has 1 saturated carbocycles. The molecular formula is C62H64BN3. The first-order chi connectivity index (χ1) is 31.4. The van der Waals surface area contributed by atoms with Crippen LogP contribution in [0, 0.1) is 6.92 Å². The first-order valence-corrected chi connectivity index (χ1v) is 24.7. The van der Waals surface area contributed by atoms with E-state index in [1.54, 1.807) is 0 Å². The van der Waals surface area contributed by atoms with E-state index < -0.39 is 0 Å². The van der Waals surface area contributed by atoms with Gasteiger partial charge < -0.3 is 14.7 Å². The monoisotopic (exact) mass is 862 g/mol. The number of rotatable bonds is 3. The Labute approximate surface area is 394 Å². The lowest BCUT2D eigenvalue weighted by Gasteiger charge is -2.50. The topological polar surface area (TPSA) is 9.72 Å². The number of para-hydroxylation sites is 1. The van der Waals surface area contributed by atoms with Gasteiger partial charge in [0.05, 0.1) is 11.2 Å². The number of fused-ring (bicyclic) bond motifs is 10. The van der Waals surface area contributed by atoms with Crippen LogP contribution in [-0.4, -0.2) is 12.3 Å². The van der Waals surface area contributed by atoms with Crippen molar-refractivity contribution in [1.29, 1.82) is 0 Å². The maximum absolute atomic E-state index is 2.75. The second kappa shape index (κ2) is 13.8. The van der Waals surface area contributed by atoms with E-state index in [1.807, 2.05) is 0 Å². The van der Waals surface area contributed by atoms with Gasteiger partial charge in [-0.2, -0.15) is 0 Å². The fourth-order valence-electron chi connectivity index (χ4n) is 13.4. The summed E-state index contributed by atoms with van der Waals surface area (Å²) in [4.78, 5) is 8.03. The molecule has 3 nitrogen and oxygen atoms in total.